The van der Waals surface area contributed by atoms with Crippen molar-refractivity contribution in [2.24, 2.45) is 0 Å². The molecular formula is C14H24N2. The van der Waals surface area contributed by atoms with E-state index in [0.29, 0.717) is 6.04 Å². The van der Waals surface area contributed by atoms with Crippen molar-refractivity contribution in [2.75, 3.05) is 27.2 Å². The van der Waals surface area contributed by atoms with E-state index in [-0.39, 0.29) is 0 Å². The molecule has 0 aliphatic heterocycles. The van der Waals surface area contributed by atoms with Crippen LogP contribution in [0, 0.1) is 6.92 Å². The molecule has 1 N–H and O–H groups in total. The van der Waals surface area contributed by atoms with Gasteiger partial charge >= 0.3 is 0 Å². The van der Waals surface area contributed by atoms with Crippen LogP contribution in [0.25, 0.3) is 0 Å². The van der Waals surface area contributed by atoms with Gasteiger partial charge in [-0.25, -0.2) is 0 Å². The van der Waals surface area contributed by atoms with Crippen molar-refractivity contribution in [3.8, 4) is 0 Å². The zero-order chi connectivity index (χ0) is 12.0. The molecule has 0 bridgehead atoms. The van der Waals surface area contributed by atoms with Gasteiger partial charge in [-0.05, 0) is 53.0 Å². The molecule has 90 valence electrons. The third-order valence-electron chi connectivity index (χ3n) is 3.12. The van der Waals surface area contributed by atoms with Gasteiger partial charge in [0.15, 0.2) is 0 Å². The smallest absolute Gasteiger partial charge is 0.0316 e. The summed E-state index contributed by atoms with van der Waals surface area (Å²) in [7, 11) is 4.20. The summed E-state index contributed by atoms with van der Waals surface area (Å²) in [5.41, 5.74) is 2.75. The number of rotatable bonds is 6. The van der Waals surface area contributed by atoms with E-state index >= 15 is 0 Å². The molecule has 1 atom stereocenters. The lowest BCUT2D eigenvalue weighted by molar-refractivity contribution is 0.258. The van der Waals surface area contributed by atoms with Crippen molar-refractivity contribution in [2.45, 2.75) is 26.3 Å². The van der Waals surface area contributed by atoms with Gasteiger partial charge in [-0.2, -0.15) is 0 Å². The van der Waals surface area contributed by atoms with Crippen LogP contribution in [0.1, 0.15) is 30.5 Å². The molecule has 0 fully saturated rings. The summed E-state index contributed by atoms with van der Waals surface area (Å²) in [5.74, 6) is 0. The van der Waals surface area contributed by atoms with Crippen LogP contribution < -0.4 is 5.32 Å². The molecular weight excluding hydrogens is 196 g/mol. The van der Waals surface area contributed by atoms with E-state index in [2.05, 4.69) is 55.4 Å². The van der Waals surface area contributed by atoms with E-state index in [1.807, 2.05) is 7.05 Å². The standard InChI is InChI=1S/C14H24N2/c1-12-7-5-8-14(11-12)13(2)16(4)10-6-9-15-3/h5,7-8,11,13,15H,6,9-10H2,1-4H3. The molecule has 0 saturated heterocycles. The predicted molar refractivity (Wildman–Crippen MR) is 70.8 cm³/mol. The summed E-state index contributed by atoms with van der Waals surface area (Å²) in [5, 5.41) is 3.18. The van der Waals surface area contributed by atoms with Crippen LogP contribution in [0.3, 0.4) is 0 Å². The first-order valence-electron chi connectivity index (χ1n) is 6.06. The SMILES string of the molecule is CNCCCN(C)C(C)c1cccc(C)c1. The highest BCUT2D eigenvalue weighted by atomic mass is 15.1. The fourth-order valence-electron chi connectivity index (χ4n) is 1.88. The molecule has 2 heteroatoms. The Hall–Kier alpha value is -0.860. The van der Waals surface area contributed by atoms with E-state index < -0.39 is 0 Å². The molecule has 1 unspecified atom stereocenters. The lowest BCUT2D eigenvalue weighted by Crippen LogP contribution is -2.25. The molecule has 0 aromatic heterocycles. The van der Waals surface area contributed by atoms with Crippen molar-refractivity contribution in [3.63, 3.8) is 0 Å². The van der Waals surface area contributed by atoms with Gasteiger partial charge in [0.25, 0.3) is 0 Å². The van der Waals surface area contributed by atoms with E-state index in [0.717, 1.165) is 13.1 Å². The molecule has 0 heterocycles. The van der Waals surface area contributed by atoms with Gasteiger partial charge in [-0.15, -0.1) is 0 Å². The van der Waals surface area contributed by atoms with Crippen LogP contribution in [-0.4, -0.2) is 32.1 Å². The number of hydrogen-bond acceptors (Lipinski definition) is 2. The van der Waals surface area contributed by atoms with Gasteiger partial charge in [0.1, 0.15) is 0 Å². The number of aryl methyl sites for hydroxylation is 1. The zero-order valence-electron chi connectivity index (χ0n) is 11.0. The van der Waals surface area contributed by atoms with Crippen LogP contribution in [0.15, 0.2) is 24.3 Å². The average Bonchev–Trinajstić information content (AvgIpc) is 2.28. The Morgan fingerprint density at radius 3 is 2.75 bits per heavy atom. The maximum absolute atomic E-state index is 3.18. The Balaban J connectivity index is 2.52. The zero-order valence-corrected chi connectivity index (χ0v) is 11.0. The largest absolute Gasteiger partial charge is 0.320 e. The highest BCUT2D eigenvalue weighted by Gasteiger charge is 2.10. The van der Waals surface area contributed by atoms with Crippen LogP contribution in [0.5, 0.6) is 0 Å². The lowest BCUT2D eigenvalue weighted by Gasteiger charge is -2.25. The quantitative estimate of drug-likeness (QED) is 0.741. The first-order valence-corrected chi connectivity index (χ1v) is 6.06. The minimum absolute atomic E-state index is 0.497. The lowest BCUT2D eigenvalue weighted by atomic mass is 10.0. The number of benzene rings is 1. The van der Waals surface area contributed by atoms with Crippen LogP contribution in [-0.2, 0) is 0 Å². The number of nitrogens with one attached hydrogen (secondary N) is 1. The molecule has 16 heavy (non-hydrogen) atoms. The Morgan fingerprint density at radius 1 is 1.38 bits per heavy atom. The van der Waals surface area contributed by atoms with E-state index in [9.17, 15) is 0 Å². The second kappa shape index (κ2) is 6.66. The molecule has 0 aliphatic carbocycles. The summed E-state index contributed by atoms with van der Waals surface area (Å²) in [6, 6.07) is 9.28. The second-order valence-electron chi connectivity index (χ2n) is 4.53. The van der Waals surface area contributed by atoms with Gasteiger partial charge in [0.2, 0.25) is 0 Å². The van der Waals surface area contributed by atoms with Crippen molar-refractivity contribution in [1.29, 1.82) is 0 Å². The highest BCUT2D eigenvalue weighted by Crippen LogP contribution is 2.19. The average molecular weight is 220 g/mol. The molecule has 1 rings (SSSR count). The maximum Gasteiger partial charge on any atom is 0.0316 e. The normalized spacial score (nSPS) is 13.1. The Bertz CT molecular complexity index is 309. The van der Waals surface area contributed by atoms with Gasteiger partial charge in [-0.3, -0.25) is 4.90 Å². The van der Waals surface area contributed by atoms with Crippen molar-refractivity contribution in [1.82, 2.24) is 10.2 Å². The molecule has 0 radical (unpaired) electrons. The Morgan fingerprint density at radius 2 is 2.12 bits per heavy atom. The fourth-order valence-corrected chi connectivity index (χ4v) is 1.88. The third kappa shape index (κ3) is 3.95. The summed E-state index contributed by atoms with van der Waals surface area (Å²) in [6.07, 6.45) is 1.20. The summed E-state index contributed by atoms with van der Waals surface area (Å²) in [6.45, 7) is 6.65. The molecule has 0 spiro atoms. The minimum atomic E-state index is 0.497. The summed E-state index contributed by atoms with van der Waals surface area (Å²) in [4.78, 5) is 2.41. The Kier molecular flexibility index (Phi) is 5.50. The van der Waals surface area contributed by atoms with Crippen molar-refractivity contribution >= 4 is 0 Å². The highest BCUT2D eigenvalue weighted by molar-refractivity contribution is 5.24. The first-order chi connectivity index (χ1) is 7.65. The van der Waals surface area contributed by atoms with E-state index in [1.54, 1.807) is 0 Å². The van der Waals surface area contributed by atoms with Gasteiger partial charge in [-0.1, -0.05) is 29.8 Å². The minimum Gasteiger partial charge on any atom is -0.320 e. The van der Waals surface area contributed by atoms with Gasteiger partial charge < -0.3 is 5.32 Å². The van der Waals surface area contributed by atoms with Crippen molar-refractivity contribution in [3.05, 3.63) is 35.4 Å². The topological polar surface area (TPSA) is 15.3 Å². The summed E-state index contributed by atoms with van der Waals surface area (Å²) < 4.78 is 0. The first kappa shape index (κ1) is 13.2. The molecule has 0 amide bonds. The van der Waals surface area contributed by atoms with E-state index in [4.69, 9.17) is 0 Å². The van der Waals surface area contributed by atoms with Crippen LogP contribution in [0.4, 0.5) is 0 Å². The van der Waals surface area contributed by atoms with Gasteiger partial charge in [0, 0.05) is 6.04 Å². The second-order valence-corrected chi connectivity index (χ2v) is 4.53. The molecule has 1 aromatic carbocycles. The number of nitrogens with zero attached hydrogens (tertiary/aromatic N) is 1. The fraction of sp³-hybridized carbons (Fsp3) is 0.571. The number of hydrogen-bond donors (Lipinski definition) is 1. The maximum atomic E-state index is 3.18. The molecule has 2 nitrogen and oxygen atoms in total. The third-order valence-corrected chi connectivity index (χ3v) is 3.12. The molecule has 0 saturated carbocycles. The Labute approximate surface area is 99.7 Å². The van der Waals surface area contributed by atoms with Crippen molar-refractivity contribution < 1.29 is 0 Å². The van der Waals surface area contributed by atoms with E-state index in [1.165, 1.54) is 17.5 Å². The van der Waals surface area contributed by atoms with Crippen LogP contribution >= 0.6 is 0 Å². The van der Waals surface area contributed by atoms with Gasteiger partial charge in [0.05, 0.1) is 0 Å². The molecule has 0 aliphatic rings. The molecule has 1 aromatic rings. The van der Waals surface area contributed by atoms with Crippen LogP contribution in [0.2, 0.25) is 0 Å². The monoisotopic (exact) mass is 220 g/mol. The predicted octanol–water partition coefficient (Wildman–Crippen LogP) is 2.60. The summed E-state index contributed by atoms with van der Waals surface area (Å²) >= 11 is 0.